The third-order valence-corrected chi connectivity index (χ3v) is 7.56. The van der Waals surface area contributed by atoms with Gasteiger partial charge in [0.15, 0.2) is 0 Å². The van der Waals surface area contributed by atoms with Gasteiger partial charge in [-0.15, -0.1) is 0 Å². The molecule has 0 aliphatic carbocycles. The number of amides is 1. The molecule has 190 valence electrons. The summed E-state index contributed by atoms with van der Waals surface area (Å²) >= 11 is 0. The molecule has 4 bridgehead atoms. The van der Waals surface area contributed by atoms with Crippen molar-refractivity contribution < 1.29 is 4.79 Å². The summed E-state index contributed by atoms with van der Waals surface area (Å²) in [6, 6.07) is 7.85. The first kappa shape index (κ1) is 23.4. The number of aromatic nitrogens is 3. The van der Waals surface area contributed by atoms with Crippen molar-refractivity contribution >= 4 is 40.0 Å². The number of carbonyl (C=O) groups is 1. The van der Waals surface area contributed by atoms with E-state index in [-0.39, 0.29) is 17.5 Å². The van der Waals surface area contributed by atoms with E-state index >= 15 is 0 Å². The Labute approximate surface area is 215 Å². The third kappa shape index (κ3) is 4.09. The van der Waals surface area contributed by atoms with Crippen molar-refractivity contribution in [2.45, 2.75) is 25.8 Å². The number of nitrogens with zero attached hydrogens (tertiary/aromatic N) is 6. The number of nitrogens with one attached hydrogen (secondary N) is 1. The van der Waals surface area contributed by atoms with E-state index in [0.717, 1.165) is 54.8 Å². The fourth-order valence-corrected chi connectivity index (χ4v) is 5.81. The molecular formula is C28H31N7O2. The number of aryl methyl sites for hydroxylation is 1. The van der Waals surface area contributed by atoms with E-state index in [4.69, 9.17) is 4.98 Å². The molecule has 37 heavy (non-hydrogen) atoms. The second-order valence-electron chi connectivity index (χ2n) is 9.87. The lowest BCUT2D eigenvalue weighted by molar-refractivity contribution is -0.114. The van der Waals surface area contributed by atoms with Crippen molar-refractivity contribution in [3.8, 4) is 0 Å². The van der Waals surface area contributed by atoms with Gasteiger partial charge in [0.1, 0.15) is 11.3 Å². The van der Waals surface area contributed by atoms with Crippen LogP contribution in [0.25, 0.3) is 11.0 Å². The predicted molar refractivity (Wildman–Crippen MR) is 147 cm³/mol. The number of rotatable bonds is 2. The molecule has 6 rings (SSSR count). The summed E-state index contributed by atoms with van der Waals surface area (Å²) in [6.07, 6.45) is 9.36. The third-order valence-electron chi connectivity index (χ3n) is 7.56. The maximum Gasteiger partial charge on any atom is 0.276 e. The molecule has 1 amide bonds. The van der Waals surface area contributed by atoms with Crippen LogP contribution in [0.2, 0.25) is 0 Å². The molecule has 9 heteroatoms. The molecule has 2 aromatic heterocycles. The van der Waals surface area contributed by atoms with Gasteiger partial charge in [0.2, 0.25) is 5.95 Å². The van der Waals surface area contributed by atoms with E-state index in [2.05, 4.69) is 33.9 Å². The van der Waals surface area contributed by atoms with Crippen molar-refractivity contribution in [3.05, 3.63) is 71.2 Å². The summed E-state index contributed by atoms with van der Waals surface area (Å²) in [5, 5.41) is 4.07. The molecule has 2 unspecified atom stereocenters. The van der Waals surface area contributed by atoms with Gasteiger partial charge in [-0.2, -0.15) is 4.98 Å². The van der Waals surface area contributed by atoms with Gasteiger partial charge < -0.3 is 15.1 Å². The number of anilines is 4. The lowest BCUT2D eigenvalue weighted by Crippen LogP contribution is -2.45. The Hall–Kier alpha value is -3.98. The highest BCUT2D eigenvalue weighted by atomic mass is 16.2. The van der Waals surface area contributed by atoms with Gasteiger partial charge in [-0.05, 0) is 50.1 Å². The first-order valence-corrected chi connectivity index (χ1v) is 12.9. The molecule has 1 N–H and O–H groups in total. The van der Waals surface area contributed by atoms with Crippen LogP contribution in [0.1, 0.15) is 24.4 Å². The lowest BCUT2D eigenvalue weighted by Gasteiger charge is -2.39. The Morgan fingerprint density at radius 3 is 2.95 bits per heavy atom. The number of hydrogen-bond acceptors (Lipinski definition) is 7. The number of pyridine rings is 1. The maximum atomic E-state index is 14.3. The molecule has 3 aliphatic heterocycles. The quantitative estimate of drug-likeness (QED) is 0.429. The average molecular weight is 498 g/mol. The molecule has 0 radical (unpaired) electrons. The van der Waals surface area contributed by atoms with Crippen LogP contribution in [0, 0.1) is 6.92 Å². The van der Waals surface area contributed by atoms with E-state index in [1.54, 1.807) is 11.1 Å². The lowest BCUT2D eigenvalue weighted by atomic mass is 10.0. The fraction of sp³-hybridized carbons (Fsp3) is 0.357. The zero-order valence-electron chi connectivity index (χ0n) is 21.1. The summed E-state index contributed by atoms with van der Waals surface area (Å²) in [4.78, 5) is 42.5. The van der Waals surface area contributed by atoms with Gasteiger partial charge in [-0.3, -0.25) is 19.1 Å². The van der Waals surface area contributed by atoms with Crippen molar-refractivity contribution in [2.75, 3.05) is 54.4 Å². The SMILES string of the molecule is C=CC(=O)N1CCN(c2cc3cnc4nc3n(c2=O)C2CCCN(C/C=C\CN4)C2)c2cccc(C)c21. The van der Waals surface area contributed by atoms with E-state index in [9.17, 15) is 9.59 Å². The largest absolute Gasteiger partial charge is 0.351 e. The van der Waals surface area contributed by atoms with E-state index in [1.807, 2.05) is 40.7 Å². The highest BCUT2D eigenvalue weighted by molar-refractivity contribution is 6.05. The second kappa shape index (κ2) is 9.48. The van der Waals surface area contributed by atoms with Gasteiger partial charge in [0, 0.05) is 44.3 Å². The molecule has 5 heterocycles. The normalized spacial score (nSPS) is 22.0. The van der Waals surface area contributed by atoms with Crippen molar-refractivity contribution in [2.24, 2.45) is 0 Å². The van der Waals surface area contributed by atoms with Crippen LogP contribution in [0.3, 0.4) is 0 Å². The summed E-state index contributed by atoms with van der Waals surface area (Å²) in [7, 11) is 0. The van der Waals surface area contributed by atoms with Crippen LogP contribution >= 0.6 is 0 Å². The minimum absolute atomic E-state index is 0.0138. The summed E-state index contributed by atoms with van der Waals surface area (Å²) in [6.45, 7) is 9.94. The number of piperidine rings is 1. The molecule has 1 fully saturated rings. The molecule has 0 spiro atoms. The highest BCUT2D eigenvalue weighted by Crippen LogP contribution is 2.40. The Morgan fingerprint density at radius 2 is 2.08 bits per heavy atom. The van der Waals surface area contributed by atoms with Gasteiger partial charge in [-0.1, -0.05) is 30.9 Å². The van der Waals surface area contributed by atoms with Crippen molar-refractivity contribution in [1.29, 1.82) is 0 Å². The monoisotopic (exact) mass is 497 g/mol. The van der Waals surface area contributed by atoms with Crippen LogP contribution in [-0.4, -0.2) is 64.6 Å². The summed E-state index contributed by atoms with van der Waals surface area (Å²) in [5.74, 6) is 0.376. The Balaban J connectivity index is 1.54. The summed E-state index contributed by atoms with van der Waals surface area (Å²) < 4.78 is 1.89. The van der Waals surface area contributed by atoms with Gasteiger partial charge in [0.25, 0.3) is 11.5 Å². The molecule has 1 aromatic carbocycles. The second-order valence-corrected chi connectivity index (χ2v) is 9.87. The van der Waals surface area contributed by atoms with E-state index < -0.39 is 0 Å². The molecule has 9 nitrogen and oxygen atoms in total. The zero-order chi connectivity index (χ0) is 25.5. The molecule has 0 saturated carbocycles. The van der Waals surface area contributed by atoms with E-state index in [1.165, 1.54) is 6.08 Å². The highest BCUT2D eigenvalue weighted by Gasteiger charge is 2.31. The van der Waals surface area contributed by atoms with Crippen molar-refractivity contribution in [1.82, 2.24) is 19.4 Å². The van der Waals surface area contributed by atoms with Crippen molar-refractivity contribution in [3.63, 3.8) is 0 Å². The Kier molecular flexibility index (Phi) is 6.00. The summed E-state index contributed by atoms with van der Waals surface area (Å²) in [5.41, 5.74) is 3.81. The van der Waals surface area contributed by atoms with Crippen LogP contribution in [0.15, 0.2) is 60.1 Å². The molecular weight excluding hydrogens is 466 g/mol. The fourth-order valence-electron chi connectivity index (χ4n) is 5.81. The molecule has 2 atom stereocenters. The molecule has 1 saturated heterocycles. The van der Waals surface area contributed by atoms with Gasteiger partial charge >= 0.3 is 0 Å². The average Bonchev–Trinajstić information content (AvgIpc) is 2.91. The van der Waals surface area contributed by atoms with Gasteiger partial charge in [0.05, 0.1) is 17.4 Å². The zero-order valence-corrected chi connectivity index (χ0v) is 21.1. The minimum atomic E-state index is -0.141. The number of benzene rings is 1. The van der Waals surface area contributed by atoms with Crippen LogP contribution < -0.4 is 20.7 Å². The standard InChI is InChI=1S/C28H31N7O2/c1-3-24(36)34-15-14-33(22-10-6-8-19(2)25(22)34)23-16-20-17-30-28-29-11-4-5-12-32-13-7-9-21(18-32)35(27(23)37)26(20)31-28/h3-6,8,10,16-17,21H,1,7,9,11-15,18H2,2H3,(H,29,30,31)/b5-4-. The minimum Gasteiger partial charge on any atom is -0.351 e. The topological polar surface area (TPSA) is 86.6 Å². The molecule has 3 aliphatic rings. The smallest absolute Gasteiger partial charge is 0.276 e. The number of fused-ring (bicyclic) bond motifs is 5. The number of carbonyl (C=O) groups excluding carboxylic acids is 1. The Morgan fingerprint density at radius 1 is 1.19 bits per heavy atom. The van der Waals surface area contributed by atoms with Crippen LogP contribution in [0.5, 0.6) is 0 Å². The Bertz CT molecular complexity index is 1480. The number of hydrogen-bond donors (Lipinski definition) is 1. The van der Waals surface area contributed by atoms with E-state index in [0.29, 0.717) is 36.9 Å². The first-order chi connectivity index (χ1) is 18.0. The van der Waals surface area contributed by atoms with Crippen LogP contribution in [-0.2, 0) is 4.79 Å². The van der Waals surface area contributed by atoms with Crippen LogP contribution in [0.4, 0.5) is 23.0 Å². The molecule has 3 aromatic rings. The maximum absolute atomic E-state index is 14.3. The number of para-hydroxylation sites is 1. The predicted octanol–water partition coefficient (Wildman–Crippen LogP) is 3.39. The van der Waals surface area contributed by atoms with Gasteiger partial charge in [-0.25, -0.2) is 4.98 Å². The first-order valence-electron chi connectivity index (χ1n) is 12.9.